The molecule has 0 bridgehead atoms. The van der Waals surface area contributed by atoms with Gasteiger partial charge in [-0.2, -0.15) is 0 Å². The molecule has 1 aliphatic rings. The van der Waals surface area contributed by atoms with Crippen molar-refractivity contribution in [1.82, 2.24) is 5.32 Å². The van der Waals surface area contributed by atoms with Gasteiger partial charge in [0.25, 0.3) is 0 Å². The fraction of sp³-hybridized carbons (Fsp3) is 0.647. The quantitative estimate of drug-likeness (QED) is 0.814. The molecule has 1 aromatic carbocycles. The molecule has 0 amide bonds. The summed E-state index contributed by atoms with van der Waals surface area (Å²) in [5.74, 6) is 1.39. The molecule has 2 heteroatoms. The molecule has 2 rings (SSSR count). The molecule has 0 spiro atoms. The van der Waals surface area contributed by atoms with Crippen LogP contribution in [0.5, 0.6) is 0 Å². The maximum Gasteiger partial charge on any atom is 0.0317 e. The predicted molar refractivity (Wildman–Crippen MR) is 83.6 cm³/mol. The first-order valence-corrected chi connectivity index (χ1v) is 7.54. The fourth-order valence-corrected chi connectivity index (χ4v) is 3.40. The topological polar surface area (TPSA) is 38.0 Å². The molecule has 1 fully saturated rings. The van der Waals surface area contributed by atoms with Gasteiger partial charge in [-0.25, -0.2) is 0 Å². The zero-order valence-electron chi connectivity index (χ0n) is 12.8. The van der Waals surface area contributed by atoms with Gasteiger partial charge in [-0.3, -0.25) is 0 Å². The summed E-state index contributed by atoms with van der Waals surface area (Å²) >= 11 is 0. The van der Waals surface area contributed by atoms with Crippen LogP contribution in [0.4, 0.5) is 5.69 Å². The average Bonchev–Trinajstić information content (AvgIpc) is 2.82. The monoisotopic (exact) mass is 260 g/mol. The second-order valence-electron chi connectivity index (χ2n) is 6.86. The van der Waals surface area contributed by atoms with Gasteiger partial charge >= 0.3 is 0 Å². The van der Waals surface area contributed by atoms with Crippen LogP contribution in [-0.2, 0) is 5.41 Å². The van der Waals surface area contributed by atoms with Gasteiger partial charge in [-0.05, 0) is 66.4 Å². The predicted octanol–water partition coefficient (Wildman–Crippen LogP) is 3.67. The van der Waals surface area contributed by atoms with Crippen LogP contribution in [0.3, 0.4) is 0 Å². The third-order valence-electron chi connectivity index (χ3n) is 4.39. The van der Waals surface area contributed by atoms with Gasteiger partial charge in [0.1, 0.15) is 0 Å². The highest BCUT2D eigenvalue weighted by Crippen LogP contribution is 2.38. The molecule has 3 N–H and O–H groups in total. The van der Waals surface area contributed by atoms with E-state index in [0.717, 1.165) is 24.7 Å². The number of hydrogen-bond donors (Lipinski definition) is 2. The second-order valence-corrected chi connectivity index (χ2v) is 6.86. The minimum atomic E-state index is 0.183. The molecule has 0 saturated carbocycles. The summed E-state index contributed by atoms with van der Waals surface area (Å²) in [6.45, 7) is 11.5. The number of nitrogens with two attached hydrogens (primary N) is 1. The van der Waals surface area contributed by atoms with E-state index in [2.05, 4.69) is 45.1 Å². The summed E-state index contributed by atoms with van der Waals surface area (Å²) < 4.78 is 0. The third kappa shape index (κ3) is 3.11. The molecule has 0 aliphatic carbocycles. The minimum Gasteiger partial charge on any atom is -0.399 e. The summed E-state index contributed by atoms with van der Waals surface area (Å²) in [5, 5.41) is 3.50. The molecular formula is C17H28N2. The van der Waals surface area contributed by atoms with E-state index >= 15 is 0 Å². The van der Waals surface area contributed by atoms with Gasteiger partial charge < -0.3 is 11.1 Å². The van der Waals surface area contributed by atoms with Crippen molar-refractivity contribution in [1.29, 1.82) is 0 Å². The first-order chi connectivity index (χ1) is 8.93. The Kier molecular flexibility index (Phi) is 4.19. The van der Waals surface area contributed by atoms with Crippen LogP contribution in [0.2, 0.25) is 0 Å². The molecule has 1 aliphatic heterocycles. The van der Waals surface area contributed by atoms with Crippen LogP contribution in [-0.4, -0.2) is 13.1 Å². The number of rotatable bonds is 3. The maximum absolute atomic E-state index is 6.05. The Bertz CT molecular complexity index is 425. The SMILES string of the molecule is CCC(c1cc(N)ccc1C(C)(C)C)C1CCNC1. The lowest BCUT2D eigenvalue weighted by molar-refractivity contribution is 0.436. The molecule has 1 heterocycles. The summed E-state index contributed by atoms with van der Waals surface area (Å²) in [7, 11) is 0. The first kappa shape index (κ1) is 14.4. The standard InChI is InChI=1S/C17H28N2/c1-5-14(12-8-9-19-11-12)15-10-13(18)6-7-16(15)17(2,3)4/h6-7,10,12,14,19H,5,8-9,11,18H2,1-4H3. The van der Waals surface area contributed by atoms with Crippen LogP contribution in [0, 0.1) is 5.92 Å². The Morgan fingerprint density at radius 1 is 1.37 bits per heavy atom. The number of benzene rings is 1. The van der Waals surface area contributed by atoms with Crippen LogP contribution in [0.1, 0.15) is 57.6 Å². The van der Waals surface area contributed by atoms with E-state index in [1.807, 2.05) is 6.07 Å². The van der Waals surface area contributed by atoms with E-state index in [-0.39, 0.29) is 5.41 Å². The Balaban J connectivity index is 2.42. The van der Waals surface area contributed by atoms with Gasteiger partial charge in [0, 0.05) is 5.69 Å². The van der Waals surface area contributed by atoms with Crippen molar-refractivity contribution in [3.8, 4) is 0 Å². The largest absolute Gasteiger partial charge is 0.399 e. The van der Waals surface area contributed by atoms with Crippen molar-refractivity contribution >= 4 is 5.69 Å². The number of nitrogen functional groups attached to an aromatic ring is 1. The van der Waals surface area contributed by atoms with Gasteiger partial charge in [0.2, 0.25) is 0 Å². The van der Waals surface area contributed by atoms with Gasteiger partial charge in [-0.15, -0.1) is 0 Å². The molecule has 0 aromatic heterocycles. The summed E-state index contributed by atoms with van der Waals surface area (Å²) in [5.41, 5.74) is 10.1. The molecule has 106 valence electrons. The van der Waals surface area contributed by atoms with E-state index in [0.29, 0.717) is 5.92 Å². The smallest absolute Gasteiger partial charge is 0.0317 e. The molecule has 0 radical (unpaired) electrons. The van der Waals surface area contributed by atoms with E-state index in [1.54, 1.807) is 0 Å². The van der Waals surface area contributed by atoms with Crippen molar-refractivity contribution in [3.05, 3.63) is 29.3 Å². The lowest BCUT2D eigenvalue weighted by Crippen LogP contribution is -2.21. The highest BCUT2D eigenvalue weighted by Gasteiger charge is 2.29. The van der Waals surface area contributed by atoms with Gasteiger partial charge in [0.05, 0.1) is 0 Å². The van der Waals surface area contributed by atoms with E-state index in [9.17, 15) is 0 Å². The molecular weight excluding hydrogens is 232 g/mol. The number of hydrogen-bond acceptors (Lipinski definition) is 2. The Hall–Kier alpha value is -1.02. The number of nitrogens with one attached hydrogen (secondary N) is 1. The van der Waals surface area contributed by atoms with Crippen LogP contribution < -0.4 is 11.1 Å². The maximum atomic E-state index is 6.05. The van der Waals surface area contributed by atoms with Crippen LogP contribution >= 0.6 is 0 Å². The van der Waals surface area contributed by atoms with Crippen LogP contribution in [0.15, 0.2) is 18.2 Å². The summed E-state index contributed by atoms with van der Waals surface area (Å²) in [6.07, 6.45) is 2.48. The van der Waals surface area contributed by atoms with Gasteiger partial charge in [-0.1, -0.05) is 33.8 Å². The normalized spacial score (nSPS) is 21.6. The Labute approximate surface area is 117 Å². The Morgan fingerprint density at radius 3 is 2.63 bits per heavy atom. The first-order valence-electron chi connectivity index (χ1n) is 7.54. The van der Waals surface area contributed by atoms with E-state index in [4.69, 9.17) is 5.73 Å². The van der Waals surface area contributed by atoms with Crippen molar-refractivity contribution in [2.75, 3.05) is 18.8 Å². The highest BCUT2D eigenvalue weighted by molar-refractivity contribution is 5.48. The minimum absolute atomic E-state index is 0.183. The molecule has 1 saturated heterocycles. The fourth-order valence-electron chi connectivity index (χ4n) is 3.40. The molecule has 2 atom stereocenters. The molecule has 1 aromatic rings. The zero-order valence-corrected chi connectivity index (χ0v) is 12.8. The molecule has 2 unspecified atom stereocenters. The lowest BCUT2D eigenvalue weighted by atomic mass is 9.75. The van der Waals surface area contributed by atoms with E-state index < -0.39 is 0 Å². The second kappa shape index (κ2) is 5.54. The number of anilines is 1. The Morgan fingerprint density at radius 2 is 2.11 bits per heavy atom. The van der Waals surface area contributed by atoms with E-state index in [1.165, 1.54) is 24.0 Å². The summed E-state index contributed by atoms with van der Waals surface area (Å²) in [4.78, 5) is 0. The van der Waals surface area contributed by atoms with Crippen molar-refractivity contribution in [2.45, 2.75) is 51.9 Å². The van der Waals surface area contributed by atoms with Crippen molar-refractivity contribution in [3.63, 3.8) is 0 Å². The van der Waals surface area contributed by atoms with Crippen molar-refractivity contribution < 1.29 is 0 Å². The molecule has 19 heavy (non-hydrogen) atoms. The zero-order chi connectivity index (χ0) is 14.0. The summed E-state index contributed by atoms with van der Waals surface area (Å²) in [6, 6.07) is 6.49. The lowest BCUT2D eigenvalue weighted by Gasteiger charge is -2.30. The third-order valence-corrected chi connectivity index (χ3v) is 4.39. The average molecular weight is 260 g/mol. The van der Waals surface area contributed by atoms with Crippen LogP contribution in [0.25, 0.3) is 0 Å². The molecule has 2 nitrogen and oxygen atoms in total. The van der Waals surface area contributed by atoms with Crippen molar-refractivity contribution in [2.24, 2.45) is 5.92 Å². The highest BCUT2D eigenvalue weighted by atomic mass is 14.9. The van der Waals surface area contributed by atoms with Gasteiger partial charge in [0.15, 0.2) is 0 Å².